The van der Waals surface area contributed by atoms with Gasteiger partial charge in [0.2, 0.25) is 0 Å². The fourth-order valence-corrected chi connectivity index (χ4v) is 3.47. The predicted molar refractivity (Wildman–Crippen MR) is 115 cm³/mol. The second-order valence-corrected chi connectivity index (χ2v) is 7.68. The second-order valence-electron chi connectivity index (χ2n) is 6.90. The Kier molecular flexibility index (Phi) is 8.64. The first kappa shape index (κ1) is 22.9. The number of amides is 1. The van der Waals surface area contributed by atoms with Gasteiger partial charge in [-0.25, -0.2) is 9.97 Å². The molecule has 2 rings (SSSR count). The highest BCUT2D eigenvalue weighted by Gasteiger charge is 2.14. The van der Waals surface area contributed by atoms with Crippen LogP contribution in [0.2, 0.25) is 0 Å². The van der Waals surface area contributed by atoms with Crippen LogP contribution >= 0.6 is 11.8 Å². The van der Waals surface area contributed by atoms with Crippen LogP contribution in [-0.4, -0.2) is 34.7 Å². The van der Waals surface area contributed by atoms with E-state index in [1.807, 2.05) is 39.2 Å². The molecule has 1 N–H and O–H groups in total. The van der Waals surface area contributed by atoms with E-state index in [1.54, 1.807) is 0 Å². The molecule has 2 aromatic rings. The average Bonchev–Trinajstić information content (AvgIpc) is 2.71. The zero-order valence-electron chi connectivity index (χ0n) is 17.7. The minimum absolute atomic E-state index is 0.149. The smallest absolute Gasteiger partial charge is 0.306 e. The monoisotopic (exact) mass is 415 g/mol. The van der Waals surface area contributed by atoms with Gasteiger partial charge in [-0.2, -0.15) is 0 Å². The molecule has 1 atom stereocenters. The number of hydrogen-bond donors (Lipinski definition) is 1. The number of ether oxygens (including phenoxy) is 1. The molecule has 0 saturated heterocycles. The second kappa shape index (κ2) is 11.0. The van der Waals surface area contributed by atoms with Crippen molar-refractivity contribution in [2.45, 2.75) is 58.2 Å². The Balaban J connectivity index is 1.79. The molecule has 156 valence electrons. The van der Waals surface area contributed by atoms with Crippen LogP contribution in [-0.2, 0) is 27.2 Å². The number of benzene rings is 1. The van der Waals surface area contributed by atoms with E-state index in [4.69, 9.17) is 4.74 Å². The third-order valence-electron chi connectivity index (χ3n) is 4.79. The quantitative estimate of drug-likeness (QED) is 0.382. The van der Waals surface area contributed by atoms with Crippen molar-refractivity contribution in [2.75, 3.05) is 12.9 Å². The SMILES string of the molecule is CCc1ccc([C@@H](C)NC(=O)COC(=O)CCc2c(C)nc(SC)nc2C)cc1. The number of aryl methyl sites for hydroxylation is 3. The van der Waals surface area contributed by atoms with Crippen LogP contribution in [0, 0.1) is 13.8 Å². The molecular weight excluding hydrogens is 386 g/mol. The summed E-state index contributed by atoms with van der Waals surface area (Å²) < 4.78 is 5.13. The summed E-state index contributed by atoms with van der Waals surface area (Å²) in [6.45, 7) is 7.55. The highest BCUT2D eigenvalue weighted by Crippen LogP contribution is 2.17. The number of carbonyl (C=O) groups is 2. The molecule has 0 aliphatic heterocycles. The molecule has 29 heavy (non-hydrogen) atoms. The Labute approximate surface area is 176 Å². The van der Waals surface area contributed by atoms with Gasteiger partial charge < -0.3 is 10.1 Å². The van der Waals surface area contributed by atoms with E-state index < -0.39 is 5.97 Å². The van der Waals surface area contributed by atoms with Gasteiger partial charge in [-0.1, -0.05) is 43.0 Å². The van der Waals surface area contributed by atoms with E-state index in [1.165, 1.54) is 17.3 Å². The first-order chi connectivity index (χ1) is 13.8. The van der Waals surface area contributed by atoms with Crippen molar-refractivity contribution in [2.24, 2.45) is 0 Å². The molecule has 0 spiro atoms. The van der Waals surface area contributed by atoms with Crippen molar-refractivity contribution in [3.05, 3.63) is 52.3 Å². The van der Waals surface area contributed by atoms with Crippen molar-refractivity contribution >= 4 is 23.6 Å². The van der Waals surface area contributed by atoms with Gasteiger partial charge in [-0.3, -0.25) is 9.59 Å². The van der Waals surface area contributed by atoms with Crippen LogP contribution in [0.5, 0.6) is 0 Å². The largest absolute Gasteiger partial charge is 0.456 e. The number of hydrogen-bond acceptors (Lipinski definition) is 6. The van der Waals surface area contributed by atoms with E-state index in [-0.39, 0.29) is 25.0 Å². The minimum Gasteiger partial charge on any atom is -0.456 e. The number of nitrogens with one attached hydrogen (secondary N) is 1. The fraction of sp³-hybridized carbons (Fsp3) is 0.455. The van der Waals surface area contributed by atoms with Crippen molar-refractivity contribution < 1.29 is 14.3 Å². The summed E-state index contributed by atoms with van der Waals surface area (Å²) in [5, 5.41) is 3.58. The molecule has 1 amide bonds. The summed E-state index contributed by atoms with van der Waals surface area (Å²) in [5.74, 6) is -0.724. The van der Waals surface area contributed by atoms with Gasteiger partial charge in [0.05, 0.1) is 6.04 Å². The molecule has 0 aliphatic rings. The van der Waals surface area contributed by atoms with Gasteiger partial charge in [-0.15, -0.1) is 0 Å². The van der Waals surface area contributed by atoms with Crippen molar-refractivity contribution in [3.63, 3.8) is 0 Å². The van der Waals surface area contributed by atoms with Crippen LogP contribution in [0.4, 0.5) is 0 Å². The molecule has 7 heteroatoms. The molecule has 1 aromatic carbocycles. The molecule has 0 unspecified atom stereocenters. The first-order valence-electron chi connectivity index (χ1n) is 9.76. The highest BCUT2D eigenvalue weighted by atomic mass is 32.2. The minimum atomic E-state index is -0.409. The average molecular weight is 416 g/mol. The number of carbonyl (C=O) groups excluding carboxylic acids is 2. The van der Waals surface area contributed by atoms with Crippen LogP contribution in [0.1, 0.15) is 54.4 Å². The maximum absolute atomic E-state index is 12.1. The van der Waals surface area contributed by atoms with E-state index >= 15 is 0 Å². The Morgan fingerprint density at radius 1 is 1.14 bits per heavy atom. The molecule has 0 bridgehead atoms. The molecule has 1 heterocycles. The summed E-state index contributed by atoms with van der Waals surface area (Å²) in [7, 11) is 0. The van der Waals surface area contributed by atoms with Crippen LogP contribution in [0.3, 0.4) is 0 Å². The summed E-state index contributed by atoms with van der Waals surface area (Å²) in [6, 6.07) is 7.97. The predicted octanol–water partition coefficient (Wildman–Crippen LogP) is 3.73. The number of rotatable bonds is 9. The van der Waals surface area contributed by atoms with Crippen molar-refractivity contribution in [1.82, 2.24) is 15.3 Å². The zero-order chi connectivity index (χ0) is 21.4. The van der Waals surface area contributed by atoms with Crippen LogP contribution in [0.15, 0.2) is 29.4 Å². The highest BCUT2D eigenvalue weighted by molar-refractivity contribution is 7.98. The van der Waals surface area contributed by atoms with Crippen molar-refractivity contribution in [1.29, 1.82) is 0 Å². The standard InChI is InChI=1S/C22H29N3O3S/c1-6-17-7-9-18(10-8-17)14(2)23-20(26)13-28-21(27)12-11-19-15(3)24-22(29-5)25-16(19)4/h7-10,14H,6,11-13H2,1-5H3,(H,23,26)/t14-/m1/s1. The topological polar surface area (TPSA) is 81.2 Å². The molecule has 6 nitrogen and oxygen atoms in total. The summed E-state index contributed by atoms with van der Waals surface area (Å²) in [5.41, 5.74) is 4.96. The lowest BCUT2D eigenvalue weighted by Crippen LogP contribution is -2.31. The number of aromatic nitrogens is 2. The number of nitrogens with zero attached hydrogens (tertiary/aromatic N) is 2. The van der Waals surface area contributed by atoms with Crippen LogP contribution in [0.25, 0.3) is 0 Å². The van der Waals surface area contributed by atoms with E-state index in [0.717, 1.165) is 34.1 Å². The van der Waals surface area contributed by atoms with Crippen molar-refractivity contribution in [3.8, 4) is 0 Å². The maximum atomic E-state index is 12.1. The molecule has 1 aromatic heterocycles. The maximum Gasteiger partial charge on any atom is 0.306 e. The van der Waals surface area contributed by atoms with Gasteiger partial charge in [0, 0.05) is 17.8 Å². The third-order valence-corrected chi connectivity index (χ3v) is 5.34. The van der Waals surface area contributed by atoms with E-state index in [9.17, 15) is 9.59 Å². The first-order valence-corrected chi connectivity index (χ1v) is 11.0. The summed E-state index contributed by atoms with van der Waals surface area (Å²) in [6.07, 6.45) is 3.58. The van der Waals surface area contributed by atoms with Gasteiger partial charge in [0.15, 0.2) is 11.8 Å². The molecule has 0 radical (unpaired) electrons. The molecule has 0 aliphatic carbocycles. The van der Waals surface area contributed by atoms with E-state index in [0.29, 0.717) is 6.42 Å². The molecular formula is C22H29N3O3S. The van der Waals surface area contributed by atoms with Crippen LogP contribution < -0.4 is 5.32 Å². The Morgan fingerprint density at radius 2 is 1.76 bits per heavy atom. The zero-order valence-corrected chi connectivity index (χ0v) is 18.6. The lowest BCUT2D eigenvalue weighted by molar-refractivity contribution is -0.148. The normalized spacial score (nSPS) is 11.8. The third kappa shape index (κ3) is 6.85. The number of thioether (sulfide) groups is 1. The fourth-order valence-electron chi connectivity index (χ4n) is 3.02. The van der Waals surface area contributed by atoms with Gasteiger partial charge in [-0.05, 0) is 56.6 Å². The lowest BCUT2D eigenvalue weighted by Gasteiger charge is -2.15. The Morgan fingerprint density at radius 3 is 2.31 bits per heavy atom. The Hall–Kier alpha value is -2.41. The molecule has 0 fully saturated rings. The van der Waals surface area contributed by atoms with Gasteiger partial charge in [0.1, 0.15) is 0 Å². The van der Waals surface area contributed by atoms with Gasteiger partial charge >= 0.3 is 5.97 Å². The summed E-state index contributed by atoms with van der Waals surface area (Å²) in [4.78, 5) is 33.0. The summed E-state index contributed by atoms with van der Waals surface area (Å²) >= 11 is 1.49. The number of esters is 1. The molecule has 0 saturated carbocycles. The lowest BCUT2D eigenvalue weighted by atomic mass is 10.1. The van der Waals surface area contributed by atoms with E-state index in [2.05, 4.69) is 34.3 Å². The van der Waals surface area contributed by atoms with Gasteiger partial charge in [0.25, 0.3) is 5.91 Å². The Bertz CT molecular complexity index is 830.